The van der Waals surface area contributed by atoms with E-state index in [2.05, 4.69) is 54.5 Å². The summed E-state index contributed by atoms with van der Waals surface area (Å²) in [6, 6.07) is 9.44. The van der Waals surface area contributed by atoms with Crippen molar-refractivity contribution in [3.05, 3.63) is 41.5 Å². The maximum absolute atomic E-state index is 3.59. The molecule has 0 spiro atoms. The smallest absolute Gasteiger partial charge is 0.0404 e. The number of allylic oxidation sites excluding steroid dienone is 1. The van der Waals surface area contributed by atoms with Crippen molar-refractivity contribution in [2.75, 3.05) is 7.05 Å². The second-order valence-electron chi connectivity index (χ2n) is 5.61. The van der Waals surface area contributed by atoms with Crippen LogP contribution in [0.4, 0.5) is 0 Å². The molecule has 1 aliphatic heterocycles. The second-order valence-corrected chi connectivity index (χ2v) is 6.89. The van der Waals surface area contributed by atoms with Gasteiger partial charge in [-0.25, -0.2) is 0 Å². The van der Waals surface area contributed by atoms with E-state index in [9.17, 15) is 0 Å². The first kappa shape index (κ1) is 13.3. The van der Waals surface area contributed by atoms with Gasteiger partial charge in [0.15, 0.2) is 0 Å². The quantitative estimate of drug-likeness (QED) is 0.829. The first-order valence-electron chi connectivity index (χ1n) is 7.49. The molecule has 1 heterocycles. The zero-order valence-electron chi connectivity index (χ0n) is 11.7. The van der Waals surface area contributed by atoms with Gasteiger partial charge in [-0.3, -0.25) is 0 Å². The monoisotopic (exact) mass is 273 g/mol. The maximum atomic E-state index is 3.59. The number of fused-ring (bicyclic) bond motifs is 1. The summed E-state index contributed by atoms with van der Waals surface area (Å²) in [5.41, 5.74) is 3.19. The van der Waals surface area contributed by atoms with Gasteiger partial charge in [0, 0.05) is 16.2 Å². The predicted octanol–water partition coefficient (Wildman–Crippen LogP) is 4.18. The lowest BCUT2D eigenvalue weighted by molar-refractivity contribution is 0.578. The molecule has 0 bridgehead atoms. The molecule has 1 aliphatic carbocycles. The summed E-state index contributed by atoms with van der Waals surface area (Å²) >= 11 is 2.07. The molecule has 0 radical (unpaired) electrons. The third kappa shape index (κ3) is 2.90. The minimum atomic E-state index is 0.551. The van der Waals surface area contributed by atoms with E-state index in [1.165, 1.54) is 49.0 Å². The zero-order valence-corrected chi connectivity index (χ0v) is 12.5. The highest BCUT2D eigenvalue weighted by atomic mass is 32.2. The number of hydrogen-bond acceptors (Lipinski definition) is 2. The van der Waals surface area contributed by atoms with E-state index in [4.69, 9.17) is 0 Å². The Morgan fingerprint density at radius 3 is 2.95 bits per heavy atom. The molecule has 0 saturated heterocycles. The molecule has 0 aromatic heterocycles. The average molecular weight is 273 g/mol. The Bertz CT molecular complexity index is 441. The van der Waals surface area contributed by atoms with Crippen molar-refractivity contribution >= 4 is 11.8 Å². The molecule has 0 fully saturated rings. The summed E-state index contributed by atoms with van der Waals surface area (Å²) in [6.45, 7) is 0. The molecule has 1 nitrogen and oxygen atoms in total. The Labute approximate surface area is 120 Å². The highest BCUT2D eigenvalue weighted by Gasteiger charge is 2.30. The van der Waals surface area contributed by atoms with E-state index in [1.807, 2.05) is 0 Å². The molecule has 0 amide bonds. The summed E-state index contributed by atoms with van der Waals surface area (Å²) in [4.78, 5) is 1.49. The molecule has 1 N–H and O–H groups in total. The molecule has 2 unspecified atom stereocenters. The van der Waals surface area contributed by atoms with E-state index < -0.39 is 0 Å². The normalized spacial score (nSPS) is 24.5. The van der Waals surface area contributed by atoms with Crippen LogP contribution in [-0.2, 0) is 6.42 Å². The maximum Gasteiger partial charge on any atom is 0.0404 e. The summed E-state index contributed by atoms with van der Waals surface area (Å²) in [7, 11) is 2.12. The fraction of sp³-hybridized carbons (Fsp3) is 0.529. The largest absolute Gasteiger partial charge is 0.312 e. The number of nitrogens with one attached hydrogen (secondary N) is 1. The Morgan fingerprint density at radius 1 is 1.21 bits per heavy atom. The molecule has 2 aliphatic rings. The Hall–Kier alpha value is -0.730. The third-order valence-electron chi connectivity index (χ3n) is 4.33. The van der Waals surface area contributed by atoms with Crippen molar-refractivity contribution in [3.63, 3.8) is 0 Å². The van der Waals surface area contributed by atoms with Crippen LogP contribution in [0.15, 0.2) is 40.8 Å². The van der Waals surface area contributed by atoms with Crippen molar-refractivity contribution in [1.82, 2.24) is 5.32 Å². The fourth-order valence-electron chi connectivity index (χ4n) is 3.33. The van der Waals surface area contributed by atoms with Gasteiger partial charge in [0.2, 0.25) is 0 Å². The van der Waals surface area contributed by atoms with Gasteiger partial charge >= 0.3 is 0 Å². The molecular weight excluding hydrogens is 250 g/mol. The van der Waals surface area contributed by atoms with Crippen LogP contribution in [-0.4, -0.2) is 18.3 Å². The molecule has 1 aromatic rings. The number of rotatable bonds is 3. The average Bonchev–Trinajstić information content (AvgIpc) is 2.67. The van der Waals surface area contributed by atoms with Crippen molar-refractivity contribution < 1.29 is 0 Å². The first-order chi connectivity index (χ1) is 9.38. The van der Waals surface area contributed by atoms with Crippen LogP contribution >= 0.6 is 11.8 Å². The highest BCUT2D eigenvalue weighted by molar-refractivity contribution is 8.00. The van der Waals surface area contributed by atoms with Gasteiger partial charge < -0.3 is 5.32 Å². The Kier molecular flexibility index (Phi) is 4.29. The minimum Gasteiger partial charge on any atom is -0.312 e. The lowest BCUT2D eigenvalue weighted by Crippen LogP contribution is -2.37. The fourth-order valence-corrected chi connectivity index (χ4v) is 4.82. The molecule has 3 rings (SSSR count). The summed E-state index contributed by atoms with van der Waals surface area (Å²) in [5, 5.41) is 4.26. The molecule has 0 saturated carbocycles. The highest BCUT2D eigenvalue weighted by Crippen LogP contribution is 2.40. The molecule has 102 valence electrons. The number of thioether (sulfide) groups is 1. The van der Waals surface area contributed by atoms with Crippen molar-refractivity contribution in [1.29, 1.82) is 0 Å². The summed E-state index contributed by atoms with van der Waals surface area (Å²) in [5.74, 6) is 0. The zero-order chi connectivity index (χ0) is 13.1. The van der Waals surface area contributed by atoms with Crippen LogP contribution in [0.2, 0.25) is 0 Å². The standard InChI is InChI=1S/C17H23NS/c1-18-17(13-8-4-2-3-5-9-13)16-12-14-10-6-7-11-15(14)19-16/h6-8,10-11,16-18H,2-5,9,12H2,1H3. The molecular formula is C17H23NS. The van der Waals surface area contributed by atoms with Gasteiger partial charge in [0.05, 0.1) is 0 Å². The van der Waals surface area contributed by atoms with E-state index in [0.717, 1.165) is 0 Å². The van der Waals surface area contributed by atoms with Crippen LogP contribution in [0.5, 0.6) is 0 Å². The van der Waals surface area contributed by atoms with Crippen molar-refractivity contribution in [3.8, 4) is 0 Å². The predicted molar refractivity (Wildman–Crippen MR) is 83.8 cm³/mol. The number of likely N-dealkylation sites (N-methyl/N-ethyl adjacent to an activating group) is 1. The van der Waals surface area contributed by atoms with E-state index >= 15 is 0 Å². The minimum absolute atomic E-state index is 0.551. The van der Waals surface area contributed by atoms with E-state index in [1.54, 1.807) is 5.57 Å². The van der Waals surface area contributed by atoms with Gasteiger partial charge in [-0.1, -0.05) is 36.3 Å². The molecule has 2 heteroatoms. The summed E-state index contributed by atoms with van der Waals surface area (Å²) < 4.78 is 0. The topological polar surface area (TPSA) is 12.0 Å². The van der Waals surface area contributed by atoms with Gasteiger partial charge in [0.1, 0.15) is 0 Å². The second kappa shape index (κ2) is 6.15. The number of hydrogen-bond donors (Lipinski definition) is 1. The van der Waals surface area contributed by atoms with Gasteiger partial charge in [0.25, 0.3) is 0 Å². The van der Waals surface area contributed by atoms with Crippen LogP contribution in [0.3, 0.4) is 0 Å². The lowest BCUT2D eigenvalue weighted by atomic mass is 9.95. The third-order valence-corrected chi connectivity index (χ3v) is 5.72. The lowest BCUT2D eigenvalue weighted by Gasteiger charge is -2.25. The van der Waals surface area contributed by atoms with Gasteiger partial charge in [-0.2, -0.15) is 0 Å². The Morgan fingerprint density at radius 2 is 2.11 bits per heavy atom. The van der Waals surface area contributed by atoms with Crippen molar-refractivity contribution in [2.24, 2.45) is 0 Å². The van der Waals surface area contributed by atoms with Crippen LogP contribution in [0.1, 0.15) is 37.7 Å². The van der Waals surface area contributed by atoms with E-state index in [0.29, 0.717) is 11.3 Å². The van der Waals surface area contributed by atoms with Gasteiger partial charge in [-0.05, 0) is 50.8 Å². The molecule has 2 atom stereocenters. The first-order valence-corrected chi connectivity index (χ1v) is 8.37. The summed E-state index contributed by atoms with van der Waals surface area (Å²) in [6.07, 6.45) is 10.4. The van der Waals surface area contributed by atoms with Crippen LogP contribution < -0.4 is 5.32 Å². The van der Waals surface area contributed by atoms with Crippen LogP contribution in [0, 0.1) is 0 Å². The molecule has 1 aromatic carbocycles. The number of benzene rings is 1. The van der Waals surface area contributed by atoms with Crippen LogP contribution in [0.25, 0.3) is 0 Å². The molecule has 19 heavy (non-hydrogen) atoms. The SMILES string of the molecule is CNC(C1=CCCCCC1)C1Cc2ccccc2S1. The van der Waals surface area contributed by atoms with Crippen molar-refractivity contribution in [2.45, 2.75) is 54.7 Å². The Balaban J connectivity index is 1.75. The van der Waals surface area contributed by atoms with E-state index in [-0.39, 0.29) is 0 Å². The van der Waals surface area contributed by atoms with Gasteiger partial charge in [-0.15, -0.1) is 11.8 Å².